The van der Waals surface area contributed by atoms with Crippen molar-refractivity contribution in [1.29, 1.82) is 0 Å². The molecule has 0 radical (unpaired) electrons. The third-order valence-electron chi connectivity index (χ3n) is 5.86. The van der Waals surface area contributed by atoms with E-state index in [-0.39, 0.29) is 24.4 Å². The summed E-state index contributed by atoms with van der Waals surface area (Å²) >= 11 is 0. The summed E-state index contributed by atoms with van der Waals surface area (Å²) in [5.41, 5.74) is 7.15. The molecule has 0 heterocycles. The summed E-state index contributed by atoms with van der Waals surface area (Å²) in [5, 5.41) is 3.00. The lowest BCUT2D eigenvalue weighted by molar-refractivity contribution is -0.170. The number of amides is 1. The number of nitrogens with one attached hydrogen (secondary N) is 1. The van der Waals surface area contributed by atoms with Crippen molar-refractivity contribution < 1.29 is 14.3 Å². The van der Waals surface area contributed by atoms with Gasteiger partial charge in [-0.05, 0) is 37.6 Å². The second-order valence-electron chi connectivity index (χ2n) is 8.05. The van der Waals surface area contributed by atoms with Gasteiger partial charge in [-0.2, -0.15) is 0 Å². The van der Waals surface area contributed by atoms with Crippen LogP contribution in [-0.2, 0) is 16.1 Å². The van der Waals surface area contributed by atoms with Crippen LogP contribution in [0.25, 0.3) is 0 Å². The van der Waals surface area contributed by atoms with Crippen LogP contribution >= 0.6 is 12.4 Å². The van der Waals surface area contributed by atoms with E-state index in [1.807, 2.05) is 76.2 Å². The molecule has 0 saturated heterocycles. The summed E-state index contributed by atoms with van der Waals surface area (Å²) in [6.07, 6.45) is 0.534. The Morgan fingerprint density at radius 3 is 2.59 bits per heavy atom. The molecule has 6 heteroatoms. The average molecular weight is 419 g/mol. The monoisotopic (exact) mass is 418 g/mol. The van der Waals surface area contributed by atoms with E-state index in [1.54, 1.807) is 0 Å². The van der Waals surface area contributed by atoms with Gasteiger partial charge in [-0.25, -0.2) is 0 Å². The molecular weight excluding hydrogens is 388 g/mol. The van der Waals surface area contributed by atoms with Crippen molar-refractivity contribution in [3.8, 4) is 11.5 Å². The molecule has 2 atom stereocenters. The standard InChI is InChI=1S/C23H30N2O3.ClH/c1-5-27-20-14-23(24,22(20,3)4)21(26)25-15-17-10-6-7-12-19(17)28-18-11-8-9-16(2)13-18;/h6-13,20H,5,14-15,24H2,1-4H3,(H,25,26);1H. The second-order valence-corrected chi connectivity index (χ2v) is 8.05. The second kappa shape index (κ2) is 9.16. The number of para-hydroxylation sites is 1. The highest BCUT2D eigenvalue weighted by Crippen LogP contribution is 2.49. The van der Waals surface area contributed by atoms with Crippen LogP contribution < -0.4 is 15.8 Å². The van der Waals surface area contributed by atoms with Crippen molar-refractivity contribution in [3.63, 3.8) is 0 Å². The van der Waals surface area contributed by atoms with E-state index in [9.17, 15) is 4.79 Å². The van der Waals surface area contributed by atoms with Crippen molar-refractivity contribution in [2.75, 3.05) is 6.61 Å². The number of hydrogen-bond donors (Lipinski definition) is 2. The first-order valence-corrected chi connectivity index (χ1v) is 9.79. The number of nitrogens with two attached hydrogens (primary N) is 1. The number of benzene rings is 2. The maximum atomic E-state index is 12.9. The van der Waals surface area contributed by atoms with E-state index in [1.165, 1.54) is 0 Å². The topological polar surface area (TPSA) is 73.6 Å². The van der Waals surface area contributed by atoms with Gasteiger partial charge in [-0.3, -0.25) is 4.79 Å². The third kappa shape index (κ3) is 4.58. The van der Waals surface area contributed by atoms with Crippen LogP contribution in [0.15, 0.2) is 48.5 Å². The molecule has 1 saturated carbocycles. The molecule has 0 bridgehead atoms. The molecule has 5 nitrogen and oxygen atoms in total. The minimum absolute atomic E-state index is 0. The number of halogens is 1. The average Bonchev–Trinajstić information content (AvgIpc) is 2.66. The van der Waals surface area contributed by atoms with Gasteiger partial charge in [0.15, 0.2) is 0 Å². The molecule has 2 aromatic rings. The summed E-state index contributed by atoms with van der Waals surface area (Å²) in [5.74, 6) is 1.34. The van der Waals surface area contributed by atoms with Crippen molar-refractivity contribution in [1.82, 2.24) is 5.32 Å². The third-order valence-corrected chi connectivity index (χ3v) is 5.86. The van der Waals surface area contributed by atoms with Crippen molar-refractivity contribution in [2.24, 2.45) is 11.1 Å². The maximum absolute atomic E-state index is 12.9. The van der Waals surface area contributed by atoms with E-state index >= 15 is 0 Å². The number of ether oxygens (including phenoxy) is 2. The summed E-state index contributed by atoms with van der Waals surface area (Å²) in [6, 6.07) is 15.6. The molecule has 2 aromatic carbocycles. The lowest BCUT2D eigenvalue weighted by Crippen LogP contribution is -2.75. The fourth-order valence-electron chi connectivity index (χ4n) is 3.71. The minimum Gasteiger partial charge on any atom is -0.457 e. The van der Waals surface area contributed by atoms with E-state index in [4.69, 9.17) is 15.2 Å². The Bertz CT molecular complexity index is 856. The summed E-state index contributed by atoms with van der Waals surface area (Å²) in [7, 11) is 0. The molecule has 2 unspecified atom stereocenters. The molecule has 158 valence electrons. The Balaban J connectivity index is 0.00000300. The van der Waals surface area contributed by atoms with Crippen LogP contribution in [0.1, 0.15) is 38.3 Å². The highest BCUT2D eigenvalue weighted by atomic mass is 35.5. The van der Waals surface area contributed by atoms with Gasteiger partial charge in [-0.1, -0.05) is 44.2 Å². The largest absolute Gasteiger partial charge is 0.457 e. The molecule has 1 aliphatic rings. The summed E-state index contributed by atoms with van der Waals surface area (Å²) in [6.45, 7) is 8.94. The number of hydrogen-bond acceptors (Lipinski definition) is 4. The molecule has 1 fully saturated rings. The Morgan fingerprint density at radius 2 is 1.93 bits per heavy atom. The highest BCUT2D eigenvalue weighted by Gasteiger charge is 2.62. The molecule has 29 heavy (non-hydrogen) atoms. The van der Waals surface area contributed by atoms with Crippen molar-refractivity contribution >= 4 is 18.3 Å². The van der Waals surface area contributed by atoms with Gasteiger partial charge in [0.2, 0.25) is 5.91 Å². The Hall–Kier alpha value is -2.08. The molecule has 3 N–H and O–H groups in total. The molecule has 1 amide bonds. The Labute approximate surface area is 179 Å². The zero-order chi connectivity index (χ0) is 20.4. The number of rotatable bonds is 7. The fraction of sp³-hybridized carbons (Fsp3) is 0.435. The number of carbonyl (C=O) groups excluding carboxylic acids is 1. The normalized spacial score (nSPS) is 22.2. The zero-order valence-corrected chi connectivity index (χ0v) is 18.3. The van der Waals surface area contributed by atoms with Crippen molar-refractivity contribution in [2.45, 2.75) is 52.3 Å². The van der Waals surface area contributed by atoms with E-state index in [2.05, 4.69) is 5.32 Å². The molecular formula is C23H31ClN2O3. The fourth-order valence-corrected chi connectivity index (χ4v) is 3.71. The summed E-state index contributed by atoms with van der Waals surface area (Å²) < 4.78 is 11.8. The van der Waals surface area contributed by atoms with Crippen LogP contribution in [0, 0.1) is 12.3 Å². The van der Waals surface area contributed by atoms with Crippen LogP contribution in [0.4, 0.5) is 0 Å². The van der Waals surface area contributed by atoms with Crippen LogP contribution in [0.2, 0.25) is 0 Å². The SMILES string of the molecule is CCOC1CC(N)(C(=O)NCc2ccccc2Oc2cccc(C)c2)C1(C)C.Cl. The number of aryl methyl sites for hydroxylation is 1. The van der Waals surface area contributed by atoms with Gasteiger partial charge in [0.25, 0.3) is 0 Å². The predicted molar refractivity (Wildman–Crippen MR) is 118 cm³/mol. The van der Waals surface area contributed by atoms with Gasteiger partial charge < -0.3 is 20.5 Å². The van der Waals surface area contributed by atoms with Gasteiger partial charge in [0.1, 0.15) is 17.0 Å². The van der Waals surface area contributed by atoms with Crippen LogP contribution in [-0.4, -0.2) is 24.2 Å². The minimum atomic E-state index is -0.931. The van der Waals surface area contributed by atoms with Gasteiger partial charge >= 0.3 is 0 Å². The van der Waals surface area contributed by atoms with E-state index < -0.39 is 11.0 Å². The Morgan fingerprint density at radius 1 is 1.21 bits per heavy atom. The molecule has 0 aromatic heterocycles. The van der Waals surface area contributed by atoms with Gasteiger partial charge in [0, 0.05) is 30.6 Å². The van der Waals surface area contributed by atoms with Gasteiger partial charge in [-0.15, -0.1) is 12.4 Å². The summed E-state index contributed by atoms with van der Waals surface area (Å²) in [4.78, 5) is 12.9. The van der Waals surface area contributed by atoms with Gasteiger partial charge in [0.05, 0.1) is 6.10 Å². The molecule has 3 rings (SSSR count). The molecule has 0 spiro atoms. The Kier molecular flexibility index (Phi) is 7.33. The predicted octanol–water partition coefficient (Wildman–Crippen LogP) is 4.36. The van der Waals surface area contributed by atoms with E-state index in [0.29, 0.717) is 19.6 Å². The van der Waals surface area contributed by atoms with Crippen molar-refractivity contribution in [3.05, 3.63) is 59.7 Å². The lowest BCUT2D eigenvalue weighted by Gasteiger charge is -2.57. The molecule has 0 aliphatic heterocycles. The molecule has 1 aliphatic carbocycles. The van der Waals surface area contributed by atoms with E-state index in [0.717, 1.165) is 22.6 Å². The van der Waals surface area contributed by atoms with Crippen LogP contribution in [0.5, 0.6) is 11.5 Å². The quantitative estimate of drug-likeness (QED) is 0.700. The van der Waals surface area contributed by atoms with Crippen LogP contribution in [0.3, 0.4) is 0 Å². The first kappa shape index (κ1) is 23.2. The lowest BCUT2D eigenvalue weighted by atomic mass is 9.54. The zero-order valence-electron chi connectivity index (χ0n) is 17.5. The first-order valence-electron chi connectivity index (χ1n) is 9.79. The smallest absolute Gasteiger partial charge is 0.241 e. The maximum Gasteiger partial charge on any atom is 0.241 e. The number of carbonyl (C=O) groups is 1. The highest BCUT2D eigenvalue weighted by molar-refractivity contribution is 5.88. The first-order chi connectivity index (χ1) is 13.3.